The molecule has 1 aliphatic heterocycles. The van der Waals surface area contributed by atoms with E-state index >= 15 is 0 Å². The van der Waals surface area contributed by atoms with Crippen LogP contribution in [-0.2, 0) is 9.84 Å². The molecule has 7 heteroatoms. The molecule has 1 saturated heterocycles. The van der Waals surface area contributed by atoms with E-state index in [4.69, 9.17) is 0 Å². The summed E-state index contributed by atoms with van der Waals surface area (Å²) < 4.78 is 37.4. The molecule has 5 nitrogen and oxygen atoms in total. The lowest BCUT2D eigenvalue weighted by Crippen LogP contribution is -2.27. The van der Waals surface area contributed by atoms with Crippen LogP contribution in [0.1, 0.15) is 36.2 Å². The maximum absolute atomic E-state index is 13.8. The van der Waals surface area contributed by atoms with Crippen LogP contribution in [0.3, 0.4) is 0 Å². The third kappa shape index (κ3) is 2.38. The van der Waals surface area contributed by atoms with E-state index in [0.29, 0.717) is 12.8 Å². The zero-order valence-electron chi connectivity index (χ0n) is 9.39. The highest BCUT2D eigenvalue weighted by molar-refractivity contribution is 7.91. The van der Waals surface area contributed by atoms with Gasteiger partial charge >= 0.3 is 0 Å². The predicted octanol–water partition coefficient (Wildman–Crippen LogP) is 0.975. The Balaban J connectivity index is 2.22. The van der Waals surface area contributed by atoms with Crippen molar-refractivity contribution in [2.75, 3.05) is 11.5 Å². The third-order valence-electron chi connectivity index (χ3n) is 2.98. The lowest BCUT2D eigenvalue weighted by molar-refractivity contribution is 0.101. The summed E-state index contributed by atoms with van der Waals surface area (Å²) in [7, 11) is -2.98. The molecule has 0 N–H and O–H groups in total. The minimum absolute atomic E-state index is 0.0431. The van der Waals surface area contributed by atoms with Crippen LogP contribution in [0.4, 0.5) is 4.39 Å². The smallest absolute Gasteiger partial charge is 0.222 e. The lowest BCUT2D eigenvalue weighted by Gasteiger charge is -2.22. The summed E-state index contributed by atoms with van der Waals surface area (Å²) in [5, 5.41) is 3.83. The Kier molecular flexibility index (Phi) is 3.03. The van der Waals surface area contributed by atoms with Crippen molar-refractivity contribution < 1.29 is 17.6 Å². The molecule has 1 fully saturated rings. The van der Waals surface area contributed by atoms with Gasteiger partial charge in [0.2, 0.25) is 5.95 Å². The number of hydrogen-bond acceptors (Lipinski definition) is 4. The summed E-state index contributed by atoms with van der Waals surface area (Å²) in [4.78, 5) is 11.1. The average molecular weight is 260 g/mol. The van der Waals surface area contributed by atoms with Crippen molar-refractivity contribution in [3.05, 3.63) is 17.7 Å². The van der Waals surface area contributed by atoms with Crippen molar-refractivity contribution in [2.24, 2.45) is 0 Å². The van der Waals surface area contributed by atoms with Gasteiger partial charge in [-0.15, -0.1) is 0 Å². The number of nitrogens with zero attached hydrogens (tertiary/aromatic N) is 2. The molecular weight excluding hydrogens is 247 g/mol. The Hall–Kier alpha value is -1.24. The van der Waals surface area contributed by atoms with Crippen LogP contribution < -0.4 is 0 Å². The van der Waals surface area contributed by atoms with E-state index in [1.165, 1.54) is 13.1 Å². The Bertz CT molecular complexity index is 536. The Morgan fingerprint density at radius 2 is 2.06 bits per heavy atom. The second-order valence-electron chi connectivity index (χ2n) is 4.23. The zero-order valence-corrected chi connectivity index (χ0v) is 10.2. The molecule has 1 aromatic heterocycles. The molecule has 1 aliphatic rings. The summed E-state index contributed by atoms with van der Waals surface area (Å²) >= 11 is 0. The summed E-state index contributed by atoms with van der Waals surface area (Å²) in [6.07, 6.45) is 1.89. The van der Waals surface area contributed by atoms with Crippen molar-refractivity contribution in [3.63, 3.8) is 0 Å². The van der Waals surface area contributed by atoms with Gasteiger partial charge in [-0.1, -0.05) is 0 Å². The number of rotatable bonds is 2. The number of hydrogen-bond donors (Lipinski definition) is 0. The maximum Gasteiger partial charge on any atom is 0.222 e. The van der Waals surface area contributed by atoms with Crippen LogP contribution in [-0.4, -0.2) is 35.5 Å². The highest BCUT2D eigenvalue weighted by Crippen LogP contribution is 2.25. The van der Waals surface area contributed by atoms with Gasteiger partial charge in [0.05, 0.1) is 29.3 Å². The summed E-state index contributed by atoms with van der Waals surface area (Å²) in [6.45, 7) is 1.27. The van der Waals surface area contributed by atoms with E-state index in [1.54, 1.807) is 0 Å². The van der Waals surface area contributed by atoms with Gasteiger partial charge in [0.15, 0.2) is 5.78 Å². The second kappa shape index (κ2) is 4.21. The number of ketones is 1. The lowest BCUT2D eigenvalue weighted by atomic mass is 10.1. The van der Waals surface area contributed by atoms with Gasteiger partial charge in [0.25, 0.3) is 0 Å². The minimum atomic E-state index is -2.98. The predicted molar refractivity (Wildman–Crippen MR) is 59.1 cm³/mol. The van der Waals surface area contributed by atoms with Crippen LogP contribution in [0.15, 0.2) is 6.20 Å². The van der Waals surface area contributed by atoms with Gasteiger partial charge in [0.1, 0.15) is 9.84 Å². The monoisotopic (exact) mass is 260 g/mol. The van der Waals surface area contributed by atoms with Crippen LogP contribution in [0.2, 0.25) is 0 Å². The number of halogens is 1. The molecule has 0 aromatic carbocycles. The van der Waals surface area contributed by atoms with E-state index in [2.05, 4.69) is 5.10 Å². The highest BCUT2D eigenvalue weighted by atomic mass is 32.2. The molecule has 0 radical (unpaired) electrons. The van der Waals surface area contributed by atoms with E-state index < -0.39 is 15.8 Å². The summed E-state index contributed by atoms with van der Waals surface area (Å²) in [6, 6.07) is -0.272. The molecule has 0 aliphatic carbocycles. The van der Waals surface area contributed by atoms with Crippen LogP contribution in [0.25, 0.3) is 0 Å². The largest absolute Gasteiger partial charge is 0.294 e. The highest BCUT2D eigenvalue weighted by Gasteiger charge is 2.28. The van der Waals surface area contributed by atoms with Gasteiger partial charge in [-0.25, -0.2) is 13.1 Å². The van der Waals surface area contributed by atoms with Crippen molar-refractivity contribution in [3.8, 4) is 0 Å². The van der Waals surface area contributed by atoms with E-state index in [1.807, 2.05) is 0 Å². The van der Waals surface area contributed by atoms with Crippen molar-refractivity contribution in [1.82, 2.24) is 9.78 Å². The van der Waals surface area contributed by atoms with Gasteiger partial charge in [-0.05, 0) is 19.8 Å². The fraction of sp³-hybridized carbons (Fsp3) is 0.600. The van der Waals surface area contributed by atoms with E-state index in [-0.39, 0.29) is 28.9 Å². The first-order valence-corrected chi connectivity index (χ1v) is 7.17. The SMILES string of the molecule is CC(=O)c1cnn(C2CCS(=O)(=O)CC2)c1F. The molecule has 0 bridgehead atoms. The van der Waals surface area contributed by atoms with Gasteiger partial charge in [-0.3, -0.25) is 4.79 Å². The van der Waals surface area contributed by atoms with Crippen molar-refractivity contribution in [2.45, 2.75) is 25.8 Å². The Morgan fingerprint density at radius 1 is 1.47 bits per heavy atom. The van der Waals surface area contributed by atoms with Crippen LogP contribution >= 0.6 is 0 Å². The minimum Gasteiger partial charge on any atom is -0.294 e. The molecular formula is C10H13FN2O3S. The van der Waals surface area contributed by atoms with Crippen LogP contribution in [0.5, 0.6) is 0 Å². The first-order chi connectivity index (χ1) is 7.91. The molecule has 0 unspecified atom stereocenters. The van der Waals surface area contributed by atoms with Gasteiger partial charge < -0.3 is 0 Å². The first-order valence-electron chi connectivity index (χ1n) is 5.35. The molecule has 0 spiro atoms. The molecule has 2 rings (SSSR count). The number of sulfone groups is 1. The Labute approximate surface area is 98.5 Å². The molecule has 17 heavy (non-hydrogen) atoms. The first kappa shape index (κ1) is 12.2. The maximum atomic E-state index is 13.8. The molecule has 2 heterocycles. The summed E-state index contributed by atoms with van der Waals surface area (Å²) in [5.74, 6) is -0.947. The zero-order chi connectivity index (χ0) is 12.6. The van der Waals surface area contributed by atoms with Crippen molar-refractivity contribution >= 4 is 15.6 Å². The average Bonchev–Trinajstić information content (AvgIpc) is 2.60. The van der Waals surface area contributed by atoms with E-state index in [0.717, 1.165) is 4.68 Å². The third-order valence-corrected chi connectivity index (χ3v) is 4.70. The number of Topliss-reactive ketones (excluding diaryl/α,β-unsaturated/α-hetero) is 1. The topological polar surface area (TPSA) is 69.0 Å². The standard InChI is InChI=1S/C10H13FN2O3S/c1-7(14)9-6-12-13(10(9)11)8-2-4-17(15,16)5-3-8/h6,8H,2-5H2,1H3. The Morgan fingerprint density at radius 3 is 2.53 bits per heavy atom. The van der Waals surface area contributed by atoms with Crippen LogP contribution in [0, 0.1) is 5.95 Å². The molecule has 0 atom stereocenters. The van der Waals surface area contributed by atoms with Crippen molar-refractivity contribution in [1.29, 1.82) is 0 Å². The van der Waals surface area contributed by atoms with Gasteiger partial charge in [-0.2, -0.15) is 9.49 Å². The number of aromatic nitrogens is 2. The fourth-order valence-electron chi connectivity index (χ4n) is 1.96. The number of carbonyl (C=O) groups is 1. The normalized spacial score (nSPS) is 20.4. The molecule has 0 saturated carbocycles. The number of carbonyl (C=O) groups excluding carboxylic acids is 1. The molecule has 1 aromatic rings. The fourth-order valence-corrected chi connectivity index (χ4v) is 3.43. The second-order valence-corrected chi connectivity index (χ2v) is 6.54. The quantitative estimate of drug-likeness (QED) is 0.743. The molecule has 94 valence electrons. The van der Waals surface area contributed by atoms with Gasteiger partial charge in [0, 0.05) is 0 Å². The van der Waals surface area contributed by atoms with E-state index in [9.17, 15) is 17.6 Å². The summed E-state index contributed by atoms with van der Waals surface area (Å²) in [5.41, 5.74) is -0.0431. The molecule has 0 amide bonds.